The van der Waals surface area contributed by atoms with Crippen LogP contribution in [0.3, 0.4) is 0 Å². The average Bonchev–Trinajstić information content (AvgIpc) is 2.40. The van der Waals surface area contributed by atoms with Crippen molar-refractivity contribution in [3.8, 4) is 0 Å². The third-order valence-electron chi connectivity index (χ3n) is 4.18. The van der Waals surface area contributed by atoms with Crippen molar-refractivity contribution in [1.82, 2.24) is 0 Å². The number of hydrogen-bond acceptors (Lipinski definition) is 3. The Labute approximate surface area is 127 Å². The first kappa shape index (κ1) is 16.0. The minimum Gasteiger partial charge on any atom is -0.460 e. The molecule has 21 heavy (non-hydrogen) atoms. The standard InChI is InChI=1S/C18H27NO2/c1-18(2,3)21-16(20)12-14-10-7-11-15(17(14)19)13-8-5-4-6-9-13/h4-6,8-9,14-15,17H,7,10-12,19H2,1-3H3/t14-,15-,17+/m0/s1. The fourth-order valence-electron chi connectivity index (χ4n) is 3.24. The van der Waals surface area contributed by atoms with Crippen LogP contribution in [0.25, 0.3) is 0 Å². The number of esters is 1. The monoisotopic (exact) mass is 289 g/mol. The van der Waals surface area contributed by atoms with E-state index in [9.17, 15) is 4.79 Å². The van der Waals surface area contributed by atoms with Gasteiger partial charge in [-0.05, 0) is 51.0 Å². The van der Waals surface area contributed by atoms with Gasteiger partial charge in [0.15, 0.2) is 0 Å². The van der Waals surface area contributed by atoms with Crippen molar-refractivity contribution in [3.63, 3.8) is 0 Å². The largest absolute Gasteiger partial charge is 0.460 e. The number of nitrogens with two attached hydrogens (primary N) is 1. The van der Waals surface area contributed by atoms with Gasteiger partial charge in [0.1, 0.15) is 5.60 Å². The van der Waals surface area contributed by atoms with E-state index in [1.54, 1.807) is 0 Å². The number of ether oxygens (including phenoxy) is 1. The summed E-state index contributed by atoms with van der Waals surface area (Å²) in [5.74, 6) is 0.447. The zero-order valence-corrected chi connectivity index (χ0v) is 13.3. The van der Waals surface area contributed by atoms with Gasteiger partial charge in [-0.3, -0.25) is 4.79 Å². The van der Waals surface area contributed by atoms with E-state index in [0.29, 0.717) is 12.3 Å². The van der Waals surface area contributed by atoms with Gasteiger partial charge in [0.25, 0.3) is 0 Å². The van der Waals surface area contributed by atoms with E-state index in [1.165, 1.54) is 5.56 Å². The number of hydrogen-bond donors (Lipinski definition) is 1. The van der Waals surface area contributed by atoms with Gasteiger partial charge in [0, 0.05) is 12.5 Å². The summed E-state index contributed by atoms with van der Waals surface area (Å²) in [5, 5.41) is 0. The molecule has 0 bridgehead atoms. The molecule has 1 aliphatic rings. The Bertz CT molecular complexity index is 464. The lowest BCUT2D eigenvalue weighted by molar-refractivity contribution is -0.156. The van der Waals surface area contributed by atoms with Gasteiger partial charge in [0.05, 0.1) is 0 Å². The molecule has 3 nitrogen and oxygen atoms in total. The molecular weight excluding hydrogens is 262 g/mol. The molecule has 0 amide bonds. The van der Waals surface area contributed by atoms with E-state index in [-0.39, 0.29) is 17.9 Å². The smallest absolute Gasteiger partial charge is 0.306 e. The third-order valence-corrected chi connectivity index (χ3v) is 4.18. The molecule has 0 radical (unpaired) electrons. The fraction of sp³-hybridized carbons (Fsp3) is 0.611. The van der Waals surface area contributed by atoms with Gasteiger partial charge in [-0.25, -0.2) is 0 Å². The predicted molar refractivity (Wildman–Crippen MR) is 85.0 cm³/mol. The van der Waals surface area contributed by atoms with Gasteiger partial charge in [-0.15, -0.1) is 0 Å². The first-order valence-corrected chi connectivity index (χ1v) is 7.89. The van der Waals surface area contributed by atoms with E-state index in [2.05, 4.69) is 24.3 Å². The molecule has 0 unspecified atom stereocenters. The molecule has 0 aliphatic heterocycles. The molecule has 0 aromatic heterocycles. The molecule has 3 heteroatoms. The maximum Gasteiger partial charge on any atom is 0.306 e. The van der Waals surface area contributed by atoms with Crippen molar-refractivity contribution in [3.05, 3.63) is 35.9 Å². The van der Waals surface area contributed by atoms with Gasteiger partial charge in [-0.2, -0.15) is 0 Å². The van der Waals surface area contributed by atoms with E-state index >= 15 is 0 Å². The Balaban J connectivity index is 2.00. The second-order valence-electron chi connectivity index (χ2n) is 7.08. The van der Waals surface area contributed by atoms with Crippen LogP contribution in [0.4, 0.5) is 0 Å². The van der Waals surface area contributed by atoms with Gasteiger partial charge in [0.2, 0.25) is 0 Å². The van der Waals surface area contributed by atoms with Crippen LogP contribution in [0.2, 0.25) is 0 Å². The van der Waals surface area contributed by atoms with Gasteiger partial charge < -0.3 is 10.5 Å². The molecular formula is C18H27NO2. The Morgan fingerprint density at radius 3 is 2.52 bits per heavy atom. The van der Waals surface area contributed by atoms with Crippen LogP contribution < -0.4 is 5.73 Å². The lowest BCUT2D eigenvalue weighted by Gasteiger charge is -2.36. The van der Waals surface area contributed by atoms with Crippen molar-refractivity contribution in [2.75, 3.05) is 0 Å². The maximum atomic E-state index is 12.0. The second kappa shape index (κ2) is 6.61. The lowest BCUT2D eigenvalue weighted by atomic mass is 9.73. The Hall–Kier alpha value is -1.35. The highest BCUT2D eigenvalue weighted by atomic mass is 16.6. The van der Waals surface area contributed by atoms with Crippen LogP contribution in [0.5, 0.6) is 0 Å². The molecule has 1 aromatic carbocycles. The lowest BCUT2D eigenvalue weighted by Crippen LogP contribution is -2.41. The summed E-state index contributed by atoms with van der Waals surface area (Å²) in [6, 6.07) is 10.4. The first-order chi connectivity index (χ1) is 9.87. The van der Waals surface area contributed by atoms with Crippen LogP contribution in [0.1, 0.15) is 57.9 Å². The van der Waals surface area contributed by atoms with Gasteiger partial charge in [-0.1, -0.05) is 36.8 Å². The molecule has 116 valence electrons. The molecule has 1 aromatic rings. The number of carbonyl (C=O) groups is 1. The molecule has 3 atom stereocenters. The highest BCUT2D eigenvalue weighted by Gasteiger charge is 2.33. The third kappa shape index (κ3) is 4.57. The predicted octanol–water partition coefficient (Wildman–Crippen LogP) is 3.63. The highest BCUT2D eigenvalue weighted by Crippen LogP contribution is 2.37. The average molecular weight is 289 g/mol. The summed E-state index contributed by atoms with van der Waals surface area (Å²) in [5.41, 5.74) is 7.33. The van der Waals surface area contributed by atoms with Crippen molar-refractivity contribution in [1.29, 1.82) is 0 Å². The molecule has 0 saturated heterocycles. The fourth-order valence-corrected chi connectivity index (χ4v) is 3.24. The number of rotatable bonds is 3. The summed E-state index contributed by atoms with van der Waals surface area (Å²) in [6.45, 7) is 5.70. The van der Waals surface area contributed by atoms with Crippen molar-refractivity contribution < 1.29 is 9.53 Å². The summed E-state index contributed by atoms with van der Waals surface area (Å²) in [6.07, 6.45) is 3.68. The molecule has 2 rings (SSSR count). The zero-order valence-electron chi connectivity index (χ0n) is 13.3. The van der Waals surface area contributed by atoms with E-state index in [1.807, 2.05) is 26.8 Å². The molecule has 1 aliphatic carbocycles. The van der Waals surface area contributed by atoms with Crippen LogP contribution in [-0.2, 0) is 9.53 Å². The zero-order chi connectivity index (χ0) is 15.5. The quantitative estimate of drug-likeness (QED) is 0.864. The molecule has 1 fully saturated rings. The minimum atomic E-state index is -0.422. The summed E-state index contributed by atoms with van der Waals surface area (Å²) in [4.78, 5) is 12.0. The minimum absolute atomic E-state index is 0.0358. The topological polar surface area (TPSA) is 52.3 Å². The number of carbonyl (C=O) groups excluding carboxylic acids is 1. The van der Waals surface area contributed by atoms with E-state index in [4.69, 9.17) is 10.5 Å². The van der Waals surface area contributed by atoms with Crippen LogP contribution in [-0.4, -0.2) is 17.6 Å². The number of benzene rings is 1. The highest BCUT2D eigenvalue weighted by molar-refractivity contribution is 5.70. The normalized spacial score (nSPS) is 26.4. The van der Waals surface area contributed by atoms with Crippen LogP contribution in [0.15, 0.2) is 30.3 Å². The maximum absolute atomic E-state index is 12.0. The van der Waals surface area contributed by atoms with Crippen molar-refractivity contribution in [2.24, 2.45) is 11.7 Å². The molecule has 0 heterocycles. The van der Waals surface area contributed by atoms with Crippen molar-refractivity contribution in [2.45, 2.75) is 64.0 Å². The molecule has 0 spiro atoms. The van der Waals surface area contributed by atoms with Crippen molar-refractivity contribution >= 4 is 5.97 Å². The first-order valence-electron chi connectivity index (χ1n) is 7.89. The van der Waals surface area contributed by atoms with E-state index < -0.39 is 5.60 Å². The Morgan fingerprint density at radius 1 is 1.24 bits per heavy atom. The Morgan fingerprint density at radius 2 is 1.90 bits per heavy atom. The van der Waals surface area contributed by atoms with E-state index in [0.717, 1.165) is 19.3 Å². The summed E-state index contributed by atoms with van der Waals surface area (Å²) in [7, 11) is 0. The van der Waals surface area contributed by atoms with Crippen LogP contribution >= 0.6 is 0 Å². The molecule has 2 N–H and O–H groups in total. The summed E-state index contributed by atoms with van der Waals surface area (Å²) < 4.78 is 5.44. The molecule has 1 saturated carbocycles. The van der Waals surface area contributed by atoms with Crippen LogP contribution in [0, 0.1) is 5.92 Å². The Kier molecular flexibility index (Phi) is 5.04. The SMILES string of the molecule is CC(C)(C)OC(=O)C[C@@H]1CCC[C@@H](c2ccccc2)[C@@H]1N. The second-order valence-corrected chi connectivity index (χ2v) is 7.08. The van der Waals surface area contributed by atoms with Gasteiger partial charge >= 0.3 is 5.97 Å². The summed E-state index contributed by atoms with van der Waals surface area (Å²) >= 11 is 0.